The molecule has 0 saturated carbocycles. The van der Waals surface area contributed by atoms with E-state index in [9.17, 15) is 70.2 Å². The van der Waals surface area contributed by atoms with Gasteiger partial charge in [-0.25, -0.2) is 0 Å². The van der Waals surface area contributed by atoms with Crippen LogP contribution in [0.2, 0.25) is 0 Å². The fourth-order valence-corrected chi connectivity index (χ4v) is 8.08. The van der Waals surface area contributed by atoms with Gasteiger partial charge in [0.1, 0.15) is 75.3 Å². The summed E-state index contributed by atoms with van der Waals surface area (Å²) in [5, 5.41) is 109. The van der Waals surface area contributed by atoms with Crippen LogP contribution in [0.25, 0.3) is 55.7 Å². The van der Waals surface area contributed by atoms with Gasteiger partial charge in [-0.2, -0.15) is 0 Å². The zero-order valence-electron chi connectivity index (χ0n) is 35.9. The number of carbonyl (C=O) groups excluding carboxylic acids is 2. The number of phenolic OH excluding ortho intramolecular Hbond substituents is 6. The van der Waals surface area contributed by atoms with E-state index in [4.69, 9.17) is 37.3 Å². The molecule has 10 atom stereocenters. The third-order valence-electron chi connectivity index (χ3n) is 11.3. The molecule has 22 nitrogen and oxygen atoms in total. The summed E-state index contributed by atoms with van der Waals surface area (Å²) in [5.41, 5.74) is -5.14. The van der Waals surface area contributed by atoms with Gasteiger partial charge >= 0.3 is 11.9 Å². The van der Waals surface area contributed by atoms with Crippen molar-refractivity contribution in [3.8, 4) is 79.8 Å². The average Bonchev–Trinajstić information content (AvgIpc) is 3.27. The number of rotatable bonds is 9. The molecule has 2 saturated heterocycles. The van der Waals surface area contributed by atoms with Gasteiger partial charge in [0, 0.05) is 37.1 Å². The molecule has 2 aliphatic heterocycles. The normalized spacial score (nSPS) is 24.9. The Morgan fingerprint density at radius 2 is 0.971 bits per heavy atom. The summed E-state index contributed by atoms with van der Waals surface area (Å²) in [7, 11) is 0. The van der Waals surface area contributed by atoms with Gasteiger partial charge in [0.2, 0.25) is 34.9 Å². The summed E-state index contributed by atoms with van der Waals surface area (Å²) in [6, 6.07) is 11.5. The van der Waals surface area contributed by atoms with E-state index in [0.29, 0.717) is 6.07 Å². The minimum Gasteiger partial charge on any atom is -0.508 e. The quantitative estimate of drug-likeness (QED) is 0.0931. The van der Waals surface area contributed by atoms with E-state index in [0.717, 1.165) is 19.9 Å². The van der Waals surface area contributed by atoms with E-state index in [1.807, 2.05) is 0 Å². The second-order valence-corrected chi connectivity index (χ2v) is 16.0. The van der Waals surface area contributed by atoms with Crippen molar-refractivity contribution in [3.63, 3.8) is 0 Å². The van der Waals surface area contributed by atoms with E-state index in [1.165, 1.54) is 62.4 Å². The molecule has 0 spiro atoms. The zero-order valence-corrected chi connectivity index (χ0v) is 35.9. The maximum atomic E-state index is 14.7. The second-order valence-electron chi connectivity index (χ2n) is 16.0. The van der Waals surface area contributed by atoms with E-state index < -0.39 is 163 Å². The topological polar surface area (TPSA) is 352 Å². The minimum absolute atomic E-state index is 0.0239. The molecule has 0 amide bonds. The monoisotopic (exact) mass is 946 g/mol. The van der Waals surface area contributed by atoms with E-state index in [-0.39, 0.29) is 22.6 Å². The van der Waals surface area contributed by atoms with Crippen molar-refractivity contribution in [2.75, 3.05) is 0 Å². The van der Waals surface area contributed by atoms with Crippen LogP contribution in [0.5, 0.6) is 46.0 Å². The predicted octanol–water partition coefficient (Wildman–Crippen LogP) is 2.69. The van der Waals surface area contributed by atoms with Gasteiger partial charge < -0.3 is 88.3 Å². The highest BCUT2D eigenvalue weighted by molar-refractivity contribution is 6.06. The average molecular weight is 947 g/mol. The fourth-order valence-electron chi connectivity index (χ4n) is 8.08. The van der Waals surface area contributed by atoms with Crippen LogP contribution in [0.4, 0.5) is 0 Å². The molecule has 10 unspecified atom stereocenters. The lowest BCUT2D eigenvalue weighted by molar-refractivity contribution is -0.272. The van der Waals surface area contributed by atoms with Crippen LogP contribution in [0, 0.1) is 0 Å². The van der Waals surface area contributed by atoms with Crippen molar-refractivity contribution in [1.29, 1.82) is 0 Å². The maximum Gasteiger partial charge on any atom is 0.303 e. The number of esters is 2. The number of phenols is 6. The molecule has 358 valence electrons. The Labute approximate surface area is 381 Å². The van der Waals surface area contributed by atoms with Crippen LogP contribution in [0.15, 0.2) is 79.1 Å². The Bertz CT molecular complexity index is 3070. The summed E-state index contributed by atoms with van der Waals surface area (Å²) in [5.74, 6) is -8.43. The molecule has 0 radical (unpaired) electrons. The molecule has 8 rings (SSSR count). The van der Waals surface area contributed by atoms with Gasteiger partial charge in [-0.15, -0.1) is 0 Å². The van der Waals surface area contributed by atoms with Crippen molar-refractivity contribution in [3.05, 3.63) is 81.1 Å². The SMILES string of the molecule is CC(=O)OC1C(C)OC(Oc2c(-c3ccc(O)cc3)oc3cc(O)c(-c4c(O)cc(O)c5c(=O)c(OC6OC(C)C(OC(C)=O)C(O)C6O)c(-c6ccc(O)cc6)oc45)c(O)c3c2=O)C(O)C1O. The van der Waals surface area contributed by atoms with Crippen molar-refractivity contribution >= 4 is 33.9 Å². The summed E-state index contributed by atoms with van der Waals surface area (Å²) in [4.78, 5) is 52.8. The van der Waals surface area contributed by atoms with Gasteiger partial charge in [-0.05, 0) is 62.4 Å². The van der Waals surface area contributed by atoms with Gasteiger partial charge in [0.15, 0.2) is 29.3 Å². The van der Waals surface area contributed by atoms with Crippen molar-refractivity contribution in [2.24, 2.45) is 0 Å². The third kappa shape index (κ3) is 8.28. The second kappa shape index (κ2) is 17.9. The van der Waals surface area contributed by atoms with E-state index in [1.54, 1.807) is 0 Å². The fraction of sp³-hybridized carbons (Fsp3) is 0.304. The molecule has 22 heteroatoms. The zero-order chi connectivity index (χ0) is 49.2. The Morgan fingerprint density at radius 3 is 1.43 bits per heavy atom. The lowest BCUT2D eigenvalue weighted by Crippen LogP contribution is -2.59. The van der Waals surface area contributed by atoms with E-state index >= 15 is 0 Å². The molecule has 6 aromatic rings. The van der Waals surface area contributed by atoms with Gasteiger partial charge in [0.25, 0.3) is 0 Å². The molecular weight excluding hydrogens is 904 g/mol. The van der Waals surface area contributed by atoms with Crippen molar-refractivity contribution in [2.45, 2.75) is 89.1 Å². The number of hydrogen-bond donors (Lipinski definition) is 10. The number of aliphatic hydroxyl groups excluding tert-OH is 4. The molecule has 2 aromatic heterocycles. The van der Waals surface area contributed by atoms with Crippen LogP contribution < -0.4 is 20.3 Å². The highest BCUT2D eigenvalue weighted by atomic mass is 16.7. The van der Waals surface area contributed by atoms with Gasteiger partial charge in [-0.1, -0.05) is 0 Å². The highest BCUT2D eigenvalue weighted by Crippen LogP contribution is 2.51. The molecular formula is C46H42O22. The first-order chi connectivity index (χ1) is 32.2. The van der Waals surface area contributed by atoms with Crippen LogP contribution in [0.1, 0.15) is 27.7 Å². The molecule has 68 heavy (non-hydrogen) atoms. The Hall–Kier alpha value is -7.60. The number of carbonyl (C=O) groups is 2. The molecule has 2 aliphatic rings. The molecule has 0 bridgehead atoms. The van der Waals surface area contributed by atoms with Crippen molar-refractivity contribution in [1.82, 2.24) is 0 Å². The number of aliphatic hydroxyl groups is 4. The molecule has 2 fully saturated rings. The lowest BCUT2D eigenvalue weighted by Gasteiger charge is -2.40. The number of fused-ring (bicyclic) bond motifs is 2. The summed E-state index contributed by atoms with van der Waals surface area (Å²) in [6.45, 7) is 4.92. The highest BCUT2D eigenvalue weighted by Gasteiger charge is 2.48. The molecule has 4 aromatic carbocycles. The van der Waals surface area contributed by atoms with Crippen molar-refractivity contribution < 1.29 is 97.9 Å². The maximum absolute atomic E-state index is 14.7. The standard InChI is InChI=1S/C46H42O22/c1-15-38(63-17(3)47)34(57)36(59)45(61-15)67-43-32(55)29-24(52)13-23(51)28(42(29)66-41(43)20-7-11-22(50)12-8-20)27-25(53)14-26-30(31(27)54)33(56)44(40(65-26)19-5-9-21(49)10-6-19)68-46-37(60)35(58)39(16(2)62-46)64-18(4)48/h5-16,34-39,45-46,49-54,57-60H,1-4H3. The number of ether oxygens (including phenoxy) is 6. The number of benzene rings is 4. The summed E-state index contributed by atoms with van der Waals surface area (Å²) >= 11 is 0. The molecule has 0 aliphatic carbocycles. The van der Waals surface area contributed by atoms with E-state index in [2.05, 4.69) is 0 Å². The predicted molar refractivity (Wildman–Crippen MR) is 230 cm³/mol. The molecule has 4 heterocycles. The number of hydrogen-bond acceptors (Lipinski definition) is 22. The summed E-state index contributed by atoms with van der Waals surface area (Å²) < 4.78 is 45.7. The first-order valence-corrected chi connectivity index (χ1v) is 20.6. The minimum atomic E-state index is -1.97. The van der Waals surface area contributed by atoms with Gasteiger partial charge in [-0.3, -0.25) is 19.2 Å². The smallest absolute Gasteiger partial charge is 0.303 e. The molecule has 10 N–H and O–H groups in total. The first kappa shape index (κ1) is 46.9. The van der Waals surface area contributed by atoms with Crippen LogP contribution in [-0.2, 0) is 28.5 Å². The Morgan fingerprint density at radius 1 is 0.544 bits per heavy atom. The Kier molecular flexibility index (Phi) is 12.3. The largest absolute Gasteiger partial charge is 0.508 e. The lowest BCUT2D eigenvalue weighted by atomic mass is 9.96. The van der Waals surface area contributed by atoms with Crippen LogP contribution in [-0.4, -0.2) is 124 Å². The number of aromatic hydroxyl groups is 6. The Balaban J connectivity index is 1.33. The summed E-state index contributed by atoms with van der Waals surface area (Å²) in [6.07, 6.45) is -16.3. The third-order valence-corrected chi connectivity index (χ3v) is 11.3. The van der Waals surface area contributed by atoms with Crippen LogP contribution >= 0.6 is 0 Å². The van der Waals surface area contributed by atoms with Crippen LogP contribution in [0.3, 0.4) is 0 Å². The van der Waals surface area contributed by atoms with Gasteiger partial charge in [0.05, 0.1) is 23.3 Å². The first-order valence-electron chi connectivity index (χ1n) is 20.6.